The average molecular weight is 207 g/mol. The first-order valence-electron chi connectivity index (χ1n) is 4.43. The topological polar surface area (TPSA) is 17.8 Å². The van der Waals surface area contributed by atoms with Crippen molar-refractivity contribution in [3.63, 3.8) is 0 Å². The number of aromatic nitrogens is 2. The lowest BCUT2D eigenvalue weighted by atomic mass is 10.1. The fourth-order valence-electron chi connectivity index (χ4n) is 1.40. The summed E-state index contributed by atoms with van der Waals surface area (Å²) < 4.78 is 1.92. The van der Waals surface area contributed by atoms with Crippen molar-refractivity contribution in [3.8, 4) is 11.4 Å². The van der Waals surface area contributed by atoms with Gasteiger partial charge in [0, 0.05) is 18.8 Å². The van der Waals surface area contributed by atoms with Crippen LogP contribution in [-0.2, 0) is 7.05 Å². The number of nitrogens with zero attached hydrogens (tertiary/aromatic N) is 2. The Balaban J connectivity index is 2.49. The Bertz CT molecular complexity index is 443. The fourth-order valence-corrected chi connectivity index (χ4v) is 1.63. The number of benzene rings is 1. The lowest BCUT2D eigenvalue weighted by Crippen LogP contribution is -1.90. The maximum atomic E-state index is 5.81. The molecule has 0 spiro atoms. The van der Waals surface area contributed by atoms with Crippen molar-refractivity contribution in [2.45, 2.75) is 6.92 Å². The zero-order valence-corrected chi connectivity index (χ0v) is 8.92. The molecule has 1 heterocycles. The molecule has 3 heteroatoms. The molecule has 0 fully saturated rings. The van der Waals surface area contributed by atoms with Crippen LogP contribution in [0.2, 0.25) is 5.15 Å². The van der Waals surface area contributed by atoms with Gasteiger partial charge in [0.15, 0.2) is 0 Å². The summed E-state index contributed by atoms with van der Waals surface area (Å²) in [5.74, 6) is 0.898. The molecule has 0 aliphatic rings. The predicted octanol–water partition coefficient (Wildman–Crippen LogP) is 3.05. The zero-order valence-electron chi connectivity index (χ0n) is 8.16. The van der Waals surface area contributed by atoms with Crippen LogP contribution in [0.5, 0.6) is 0 Å². The summed E-state index contributed by atoms with van der Waals surface area (Å²) in [6, 6.07) is 8.23. The fraction of sp³-hybridized carbons (Fsp3) is 0.182. The Morgan fingerprint density at radius 3 is 2.36 bits per heavy atom. The summed E-state index contributed by atoms with van der Waals surface area (Å²) in [5, 5.41) is 0.531. The van der Waals surface area contributed by atoms with Crippen molar-refractivity contribution in [1.29, 1.82) is 0 Å². The first kappa shape index (κ1) is 9.28. The smallest absolute Gasteiger partial charge is 0.147 e. The molecule has 0 unspecified atom stereocenters. The quantitative estimate of drug-likeness (QED) is 0.701. The molecule has 72 valence electrons. The molecular weight excluding hydrogens is 196 g/mol. The van der Waals surface area contributed by atoms with E-state index in [0.29, 0.717) is 5.15 Å². The summed E-state index contributed by atoms with van der Waals surface area (Å²) in [4.78, 5) is 4.24. The van der Waals surface area contributed by atoms with Gasteiger partial charge in [-0.3, -0.25) is 0 Å². The molecule has 1 aromatic carbocycles. The van der Waals surface area contributed by atoms with Crippen LogP contribution in [0.15, 0.2) is 30.5 Å². The molecule has 0 saturated heterocycles. The summed E-state index contributed by atoms with van der Waals surface area (Å²) in [7, 11) is 1.94. The van der Waals surface area contributed by atoms with Crippen LogP contribution < -0.4 is 0 Å². The van der Waals surface area contributed by atoms with Crippen molar-refractivity contribution < 1.29 is 0 Å². The average Bonchev–Trinajstić information content (AvgIpc) is 2.47. The van der Waals surface area contributed by atoms with E-state index in [9.17, 15) is 0 Å². The summed E-state index contributed by atoms with van der Waals surface area (Å²) in [5.41, 5.74) is 2.33. The molecule has 0 amide bonds. The number of halogens is 1. The minimum absolute atomic E-state index is 0.531. The highest BCUT2D eigenvalue weighted by Crippen LogP contribution is 2.20. The van der Waals surface area contributed by atoms with Gasteiger partial charge in [-0.1, -0.05) is 41.4 Å². The van der Waals surface area contributed by atoms with E-state index in [-0.39, 0.29) is 0 Å². The van der Waals surface area contributed by atoms with Crippen molar-refractivity contribution in [2.24, 2.45) is 7.05 Å². The Morgan fingerprint density at radius 1 is 1.21 bits per heavy atom. The van der Waals surface area contributed by atoms with Crippen LogP contribution in [0, 0.1) is 6.92 Å². The Morgan fingerprint density at radius 2 is 1.86 bits per heavy atom. The Hall–Kier alpha value is -1.28. The first-order valence-corrected chi connectivity index (χ1v) is 4.80. The molecule has 1 aromatic heterocycles. The molecule has 2 nitrogen and oxygen atoms in total. The third-order valence-corrected chi connectivity index (χ3v) is 2.34. The first-order chi connectivity index (χ1) is 6.66. The highest BCUT2D eigenvalue weighted by molar-refractivity contribution is 6.29. The van der Waals surface area contributed by atoms with Crippen molar-refractivity contribution in [1.82, 2.24) is 9.55 Å². The third kappa shape index (κ3) is 1.66. The van der Waals surface area contributed by atoms with Crippen molar-refractivity contribution >= 4 is 11.6 Å². The maximum Gasteiger partial charge on any atom is 0.147 e. The van der Waals surface area contributed by atoms with Crippen LogP contribution in [-0.4, -0.2) is 9.55 Å². The number of imidazole rings is 1. The van der Waals surface area contributed by atoms with Crippen LogP contribution in [0.25, 0.3) is 11.4 Å². The second-order valence-electron chi connectivity index (χ2n) is 3.36. The second kappa shape index (κ2) is 3.46. The summed E-state index contributed by atoms with van der Waals surface area (Å²) >= 11 is 5.81. The van der Waals surface area contributed by atoms with Gasteiger partial charge in [0.25, 0.3) is 0 Å². The number of aryl methyl sites for hydroxylation is 2. The molecule has 0 atom stereocenters. The van der Waals surface area contributed by atoms with Crippen LogP contribution >= 0.6 is 11.6 Å². The highest BCUT2D eigenvalue weighted by atomic mass is 35.5. The van der Waals surface area contributed by atoms with Crippen LogP contribution in [0.1, 0.15) is 5.56 Å². The van der Waals surface area contributed by atoms with Crippen molar-refractivity contribution in [3.05, 3.63) is 41.2 Å². The molecule has 0 saturated carbocycles. The van der Waals surface area contributed by atoms with E-state index in [1.807, 2.05) is 23.7 Å². The van der Waals surface area contributed by atoms with Crippen LogP contribution in [0.4, 0.5) is 0 Å². The van der Waals surface area contributed by atoms with Gasteiger partial charge in [-0.15, -0.1) is 0 Å². The van der Waals surface area contributed by atoms with Crippen LogP contribution in [0.3, 0.4) is 0 Å². The predicted molar refractivity (Wildman–Crippen MR) is 58.4 cm³/mol. The van der Waals surface area contributed by atoms with Gasteiger partial charge >= 0.3 is 0 Å². The van der Waals surface area contributed by atoms with Gasteiger partial charge in [-0.05, 0) is 6.92 Å². The molecule has 0 aliphatic carbocycles. The van der Waals surface area contributed by atoms with Gasteiger partial charge in [0.1, 0.15) is 11.0 Å². The maximum absolute atomic E-state index is 5.81. The molecule has 0 aliphatic heterocycles. The molecule has 14 heavy (non-hydrogen) atoms. The highest BCUT2D eigenvalue weighted by Gasteiger charge is 2.05. The summed E-state index contributed by atoms with van der Waals surface area (Å²) in [6.45, 7) is 2.06. The van der Waals surface area contributed by atoms with E-state index < -0.39 is 0 Å². The molecule has 2 aromatic rings. The number of rotatable bonds is 1. The monoisotopic (exact) mass is 206 g/mol. The minimum atomic E-state index is 0.531. The van der Waals surface area contributed by atoms with E-state index in [1.54, 1.807) is 6.20 Å². The van der Waals surface area contributed by atoms with E-state index >= 15 is 0 Å². The van der Waals surface area contributed by atoms with E-state index in [2.05, 4.69) is 24.0 Å². The minimum Gasteiger partial charge on any atom is -0.332 e. The van der Waals surface area contributed by atoms with Gasteiger partial charge in [0.05, 0.1) is 0 Å². The lowest BCUT2D eigenvalue weighted by Gasteiger charge is -2.01. The van der Waals surface area contributed by atoms with E-state index in [0.717, 1.165) is 11.4 Å². The number of hydrogen-bond acceptors (Lipinski definition) is 1. The normalized spacial score (nSPS) is 10.5. The standard InChI is InChI=1S/C11H11ClN2/c1-8-3-5-9(6-4-8)11-13-10(12)7-14(11)2/h3-7H,1-2H3. The number of hydrogen-bond donors (Lipinski definition) is 0. The van der Waals surface area contributed by atoms with Crippen molar-refractivity contribution in [2.75, 3.05) is 0 Å². The second-order valence-corrected chi connectivity index (χ2v) is 3.75. The molecular formula is C11H11ClN2. The molecule has 0 N–H and O–H groups in total. The zero-order chi connectivity index (χ0) is 10.1. The SMILES string of the molecule is Cc1ccc(-c2nc(Cl)cn2C)cc1. The molecule has 0 bridgehead atoms. The van der Waals surface area contributed by atoms with Gasteiger partial charge in [-0.2, -0.15) is 0 Å². The third-order valence-electron chi connectivity index (χ3n) is 2.16. The van der Waals surface area contributed by atoms with Gasteiger partial charge in [0.2, 0.25) is 0 Å². The molecule has 2 rings (SSSR count). The van der Waals surface area contributed by atoms with E-state index in [1.165, 1.54) is 5.56 Å². The van der Waals surface area contributed by atoms with Gasteiger partial charge in [-0.25, -0.2) is 4.98 Å². The largest absolute Gasteiger partial charge is 0.332 e. The molecule has 0 radical (unpaired) electrons. The summed E-state index contributed by atoms with van der Waals surface area (Å²) in [6.07, 6.45) is 1.80. The lowest BCUT2D eigenvalue weighted by molar-refractivity contribution is 0.925. The Labute approximate surface area is 88.2 Å². The van der Waals surface area contributed by atoms with Gasteiger partial charge < -0.3 is 4.57 Å². The Kier molecular flexibility index (Phi) is 2.30. The van der Waals surface area contributed by atoms with E-state index in [4.69, 9.17) is 11.6 Å².